The van der Waals surface area contributed by atoms with Gasteiger partial charge in [-0.2, -0.15) is 0 Å². The molecule has 4 rings (SSSR count). The smallest absolute Gasteiger partial charge is 0.261 e. The molecule has 2 aromatic heterocycles. The van der Waals surface area contributed by atoms with Crippen molar-refractivity contribution in [2.75, 3.05) is 11.3 Å². The number of anilines is 1. The Morgan fingerprint density at radius 2 is 1.75 bits per heavy atom. The van der Waals surface area contributed by atoms with Crippen LogP contribution in [0.3, 0.4) is 0 Å². The first-order valence-electron chi connectivity index (χ1n) is 10.1. The highest BCUT2D eigenvalue weighted by atomic mass is 32.2. The molecule has 0 saturated heterocycles. The number of benzene rings is 2. The summed E-state index contributed by atoms with van der Waals surface area (Å²) in [5, 5.41) is 11.1. The molecule has 8 nitrogen and oxygen atoms in total. The molecule has 32 heavy (non-hydrogen) atoms. The van der Waals surface area contributed by atoms with E-state index in [-0.39, 0.29) is 10.8 Å². The molecule has 0 saturated carbocycles. The molecule has 9 heteroatoms. The summed E-state index contributed by atoms with van der Waals surface area (Å²) in [4.78, 5) is 12.5. The molecule has 1 amide bonds. The zero-order valence-corrected chi connectivity index (χ0v) is 18.6. The molecule has 164 valence electrons. The summed E-state index contributed by atoms with van der Waals surface area (Å²) in [7, 11) is -3.76. The Balaban J connectivity index is 1.39. The average molecular weight is 450 g/mol. The van der Waals surface area contributed by atoms with Crippen molar-refractivity contribution in [1.82, 2.24) is 19.9 Å². The Morgan fingerprint density at radius 3 is 2.53 bits per heavy atom. The van der Waals surface area contributed by atoms with Gasteiger partial charge in [0.05, 0.1) is 10.6 Å². The number of fused-ring (bicyclic) bond motifs is 1. The zero-order chi connectivity index (χ0) is 22.7. The highest BCUT2D eigenvalue weighted by molar-refractivity contribution is 7.92. The molecule has 0 bridgehead atoms. The lowest BCUT2D eigenvalue weighted by molar-refractivity contribution is 0.0954. The third-order valence-corrected chi connectivity index (χ3v) is 6.68. The SMILES string of the molecule is Cc1cccc(NS(=O)(=O)c2ccc(C(=O)NCCc3nnc4ccccn34)cc2)c1C. The topological polar surface area (TPSA) is 105 Å². The van der Waals surface area contributed by atoms with E-state index in [0.717, 1.165) is 22.6 Å². The van der Waals surface area contributed by atoms with Crippen LogP contribution >= 0.6 is 0 Å². The van der Waals surface area contributed by atoms with Gasteiger partial charge in [-0.25, -0.2) is 8.42 Å². The molecule has 0 aliphatic rings. The summed E-state index contributed by atoms with van der Waals surface area (Å²) in [6.07, 6.45) is 2.39. The van der Waals surface area contributed by atoms with Crippen molar-refractivity contribution in [2.45, 2.75) is 25.2 Å². The maximum atomic E-state index is 12.7. The Labute approximate surface area is 186 Å². The molecule has 2 N–H and O–H groups in total. The van der Waals surface area contributed by atoms with Gasteiger partial charge < -0.3 is 5.32 Å². The summed E-state index contributed by atoms with van der Waals surface area (Å²) >= 11 is 0. The Hall–Kier alpha value is -3.72. The number of amides is 1. The number of carbonyl (C=O) groups excluding carboxylic acids is 1. The summed E-state index contributed by atoms with van der Waals surface area (Å²) in [5.41, 5.74) is 3.53. The lowest BCUT2D eigenvalue weighted by Crippen LogP contribution is -2.26. The molecular weight excluding hydrogens is 426 g/mol. The summed E-state index contributed by atoms with van der Waals surface area (Å²) in [6, 6.07) is 16.9. The maximum Gasteiger partial charge on any atom is 0.261 e. The second-order valence-corrected chi connectivity index (χ2v) is 9.11. The largest absolute Gasteiger partial charge is 0.352 e. The van der Waals surface area contributed by atoms with Gasteiger partial charge in [-0.3, -0.25) is 13.9 Å². The van der Waals surface area contributed by atoms with Gasteiger partial charge in [0.1, 0.15) is 5.82 Å². The van der Waals surface area contributed by atoms with Gasteiger partial charge in [0.2, 0.25) is 0 Å². The highest BCUT2D eigenvalue weighted by Gasteiger charge is 2.17. The first-order chi connectivity index (χ1) is 15.3. The van der Waals surface area contributed by atoms with Gasteiger partial charge in [-0.1, -0.05) is 18.2 Å². The third-order valence-electron chi connectivity index (χ3n) is 5.29. The van der Waals surface area contributed by atoms with Crippen LogP contribution in [0, 0.1) is 13.8 Å². The van der Waals surface area contributed by atoms with Crippen molar-refractivity contribution >= 4 is 27.3 Å². The fraction of sp³-hybridized carbons (Fsp3) is 0.174. The lowest BCUT2D eigenvalue weighted by atomic mass is 10.1. The number of nitrogens with zero attached hydrogens (tertiary/aromatic N) is 3. The van der Waals surface area contributed by atoms with E-state index in [1.165, 1.54) is 24.3 Å². The Kier molecular flexibility index (Phi) is 5.91. The molecular formula is C23H23N5O3S. The van der Waals surface area contributed by atoms with E-state index >= 15 is 0 Å². The van der Waals surface area contributed by atoms with E-state index in [4.69, 9.17) is 0 Å². The van der Waals surface area contributed by atoms with Crippen LogP contribution in [0.2, 0.25) is 0 Å². The van der Waals surface area contributed by atoms with Crippen molar-refractivity contribution in [3.05, 3.63) is 89.4 Å². The van der Waals surface area contributed by atoms with Crippen molar-refractivity contribution in [3.8, 4) is 0 Å². The van der Waals surface area contributed by atoms with Crippen LogP contribution in [0.1, 0.15) is 27.3 Å². The van der Waals surface area contributed by atoms with E-state index in [0.29, 0.717) is 24.2 Å². The molecule has 4 aromatic rings. The fourth-order valence-electron chi connectivity index (χ4n) is 3.30. The zero-order valence-electron chi connectivity index (χ0n) is 17.7. The van der Waals surface area contributed by atoms with Gasteiger partial charge in [-0.15, -0.1) is 10.2 Å². The van der Waals surface area contributed by atoms with Crippen molar-refractivity contribution in [1.29, 1.82) is 0 Å². The second-order valence-electron chi connectivity index (χ2n) is 7.43. The molecule has 0 aliphatic heterocycles. The van der Waals surface area contributed by atoms with Crippen LogP contribution in [0.25, 0.3) is 5.65 Å². The van der Waals surface area contributed by atoms with E-state index in [9.17, 15) is 13.2 Å². The Bertz CT molecular complexity index is 1380. The minimum absolute atomic E-state index is 0.0879. The highest BCUT2D eigenvalue weighted by Crippen LogP contribution is 2.22. The van der Waals surface area contributed by atoms with Crippen molar-refractivity contribution < 1.29 is 13.2 Å². The predicted molar refractivity (Wildman–Crippen MR) is 122 cm³/mol. The normalized spacial score (nSPS) is 11.4. The van der Waals surface area contributed by atoms with E-state index in [1.54, 1.807) is 12.1 Å². The molecule has 0 atom stereocenters. The van der Waals surface area contributed by atoms with Gasteiger partial charge >= 0.3 is 0 Å². The van der Waals surface area contributed by atoms with E-state index in [1.807, 2.05) is 48.7 Å². The summed E-state index contributed by atoms with van der Waals surface area (Å²) < 4.78 is 29.9. The number of aryl methyl sites for hydroxylation is 1. The molecule has 0 unspecified atom stereocenters. The Morgan fingerprint density at radius 1 is 0.969 bits per heavy atom. The van der Waals surface area contributed by atoms with Gasteiger partial charge in [0.25, 0.3) is 15.9 Å². The minimum Gasteiger partial charge on any atom is -0.352 e. The molecule has 0 fully saturated rings. The monoisotopic (exact) mass is 449 g/mol. The van der Waals surface area contributed by atoms with Crippen LogP contribution in [-0.2, 0) is 16.4 Å². The number of hydrogen-bond donors (Lipinski definition) is 2. The number of pyridine rings is 1. The number of aromatic nitrogens is 3. The van der Waals surface area contributed by atoms with Gasteiger partial charge in [0, 0.05) is 24.7 Å². The quantitative estimate of drug-likeness (QED) is 0.451. The van der Waals surface area contributed by atoms with Crippen molar-refractivity contribution in [3.63, 3.8) is 0 Å². The number of sulfonamides is 1. The number of hydrogen-bond acceptors (Lipinski definition) is 5. The summed E-state index contributed by atoms with van der Waals surface area (Å²) in [5.74, 6) is 0.463. The number of carbonyl (C=O) groups is 1. The lowest BCUT2D eigenvalue weighted by Gasteiger charge is -2.12. The van der Waals surface area contributed by atoms with Gasteiger partial charge in [0.15, 0.2) is 5.65 Å². The number of rotatable bonds is 7. The van der Waals surface area contributed by atoms with Crippen LogP contribution in [0.5, 0.6) is 0 Å². The van der Waals surface area contributed by atoms with Crippen LogP contribution < -0.4 is 10.0 Å². The number of nitrogens with one attached hydrogen (secondary N) is 2. The maximum absolute atomic E-state index is 12.7. The molecule has 0 aliphatic carbocycles. The molecule has 0 radical (unpaired) electrons. The predicted octanol–water partition coefficient (Wildman–Crippen LogP) is 3.12. The fourth-order valence-corrected chi connectivity index (χ4v) is 4.42. The van der Waals surface area contributed by atoms with Crippen molar-refractivity contribution in [2.24, 2.45) is 0 Å². The standard InChI is InChI=1S/C23H23N5O3S/c1-16-6-5-7-20(17(16)2)27-32(30,31)19-11-9-18(10-12-19)23(29)24-14-13-22-26-25-21-8-3-4-15-28(21)22/h3-12,15,27H,13-14H2,1-2H3,(H,24,29). The minimum atomic E-state index is -3.76. The second kappa shape index (κ2) is 8.80. The third kappa shape index (κ3) is 4.47. The molecule has 0 spiro atoms. The van der Waals surface area contributed by atoms with Gasteiger partial charge in [-0.05, 0) is 67.4 Å². The van der Waals surface area contributed by atoms with E-state index in [2.05, 4.69) is 20.2 Å². The average Bonchev–Trinajstić information content (AvgIpc) is 3.20. The first-order valence-corrected chi connectivity index (χ1v) is 11.6. The van der Waals surface area contributed by atoms with Crippen LogP contribution in [-0.4, -0.2) is 35.5 Å². The van der Waals surface area contributed by atoms with Crippen LogP contribution in [0.15, 0.2) is 71.8 Å². The molecule has 2 aromatic carbocycles. The first kappa shape index (κ1) is 21.5. The van der Waals surface area contributed by atoms with Crippen LogP contribution in [0.4, 0.5) is 5.69 Å². The summed E-state index contributed by atoms with van der Waals surface area (Å²) in [6.45, 7) is 4.16. The molecule has 2 heterocycles. The van der Waals surface area contributed by atoms with E-state index < -0.39 is 10.0 Å².